The van der Waals surface area contributed by atoms with E-state index in [1.807, 2.05) is 30.3 Å². The van der Waals surface area contributed by atoms with E-state index in [0.29, 0.717) is 6.54 Å². The molecule has 0 aliphatic carbocycles. The summed E-state index contributed by atoms with van der Waals surface area (Å²) in [6.07, 6.45) is 1.47. The highest BCUT2D eigenvalue weighted by Crippen LogP contribution is 2.27. The van der Waals surface area contributed by atoms with Gasteiger partial charge in [0.1, 0.15) is 5.82 Å². The first-order valence-electron chi connectivity index (χ1n) is 8.56. The van der Waals surface area contributed by atoms with Gasteiger partial charge in [0.05, 0.1) is 26.1 Å². The van der Waals surface area contributed by atoms with Gasteiger partial charge in [-0.2, -0.15) is 0 Å². The second-order valence-electron chi connectivity index (χ2n) is 5.83. The minimum atomic E-state index is -2.16. The van der Waals surface area contributed by atoms with E-state index in [2.05, 4.69) is 15.6 Å². The summed E-state index contributed by atoms with van der Waals surface area (Å²) in [7, 11) is 0. The zero-order valence-electron chi connectivity index (χ0n) is 15.0. The topological polar surface area (TPSA) is 112 Å². The van der Waals surface area contributed by atoms with Gasteiger partial charge in [0, 0.05) is 0 Å². The molecule has 0 unspecified atom stereocenters. The van der Waals surface area contributed by atoms with Gasteiger partial charge in [-0.15, -0.1) is 0 Å². The summed E-state index contributed by atoms with van der Waals surface area (Å²) in [5, 5.41) is 5.16. The maximum absolute atomic E-state index is 12.6. The van der Waals surface area contributed by atoms with Crippen molar-refractivity contribution in [1.29, 1.82) is 0 Å². The number of esters is 2. The number of rotatable bonds is 6. The third-order valence-electron chi connectivity index (χ3n) is 4.02. The van der Waals surface area contributed by atoms with E-state index in [4.69, 9.17) is 9.47 Å². The number of fused-ring (bicyclic) bond motifs is 1. The third kappa shape index (κ3) is 3.35. The molecule has 1 aliphatic heterocycles. The van der Waals surface area contributed by atoms with E-state index >= 15 is 0 Å². The highest BCUT2D eigenvalue weighted by molar-refractivity contribution is 6.15. The smallest absolute Gasteiger partial charge is 0.365 e. The van der Waals surface area contributed by atoms with Gasteiger partial charge in [-0.1, -0.05) is 30.3 Å². The van der Waals surface area contributed by atoms with Gasteiger partial charge in [-0.25, -0.2) is 14.6 Å². The normalized spacial score (nSPS) is 14.5. The SMILES string of the molecule is CCOC(=O)C1(C(=O)OCC)NC(=O)c2ncn(Cc3ccccc3)c2N1. The monoisotopic (exact) mass is 372 g/mol. The minimum absolute atomic E-state index is 0.0354. The lowest BCUT2D eigenvalue weighted by atomic mass is 10.1. The number of aromatic nitrogens is 2. The number of carbonyl (C=O) groups excluding carboxylic acids is 3. The molecule has 0 saturated carbocycles. The van der Waals surface area contributed by atoms with E-state index in [1.165, 1.54) is 6.33 Å². The zero-order valence-corrected chi connectivity index (χ0v) is 15.0. The molecule has 9 nitrogen and oxygen atoms in total. The lowest BCUT2D eigenvalue weighted by Crippen LogP contribution is -2.68. The van der Waals surface area contributed by atoms with E-state index in [0.717, 1.165) is 5.56 Å². The van der Waals surface area contributed by atoms with Crippen LogP contribution in [0.2, 0.25) is 0 Å². The summed E-state index contributed by atoms with van der Waals surface area (Å²) in [5.74, 6) is -2.33. The van der Waals surface area contributed by atoms with Gasteiger partial charge in [-0.3, -0.25) is 4.79 Å². The van der Waals surface area contributed by atoms with Crippen molar-refractivity contribution in [2.75, 3.05) is 18.5 Å². The van der Waals surface area contributed by atoms with Crippen molar-refractivity contribution in [1.82, 2.24) is 14.9 Å². The molecule has 2 heterocycles. The van der Waals surface area contributed by atoms with Crippen LogP contribution in [0, 0.1) is 0 Å². The molecule has 0 bridgehead atoms. The Bertz CT molecular complexity index is 844. The van der Waals surface area contributed by atoms with Gasteiger partial charge < -0.3 is 24.7 Å². The fraction of sp³-hybridized carbons (Fsp3) is 0.333. The Kier molecular flexibility index (Phi) is 5.11. The summed E-state index contributed by atoms with van der Waals surface area (Å²) >= 11 is 0. The second kappa shape index (κ2) is 7.48. The van der Waals surface area contributed by atoms with Gasteiger partial charge in [0.25, 0.3) is 5.91 Å². The number of carbonyl (C=O) groups is 3. The van der Waals surface area contributed by atoms with Crippen LogP contribution in [0.1, 0.15) is 29.9 Å². The number of ether oxygens (including phenoxy) is 2. The summed E-state index contributed by atoms with van der Waals surface area (Å²) in [4.78, 5) is 41.7. The van der Waals surface area contributed by atoms with Crippen LogP contribution in [-0.2, 0) is 25.6 Å². The average molecular weight is 372 g/mol. The summed E-state index contributed by atoms with van der Waals surface area (Å²) in [6, 6.07) is 9.50. The van der Waals surface area contributed by atoms with Crippen LogP contribution in [0.5, 0.6) is 0 Å². The Labute approximate surface area is 155 Å². The van der Waals surface area contributed by atoms with Crippen molar-refractivity contribution in [3.63, 3.8) is 0 Å². The molecule has 0 fully saturated rings. The summed E-state index contributed by atoms with van der Waals surface area (Å²) < 4.78 is 11.7. The number of imidazole rings is 1. The Morgan fingerprint density at radius 3 is 2.30 bits per heavy atom. The number of amides is 1. The maximum Gasteiger partial charge on any atom is 0.365 e. The standard InChI is InChI=1S/C18H20N4O5/c1-3-26-16(24)18(17(25)27-4-2)20-14-13(15(23)21-18)19-11-22(14)10-12-8-6-5-7-9-12/h5-9,11,20H,3-4,10H2,1-2H3,(H,21,23). The Morgan fingerprint density at radius 2 is 1.70 bits per heavy atom. The van der Waals surface area contributed by atoms with Crippen LogP contribution in [0.3, 0.4) is 0 Å². The van der Waals surface area contributed by atoms with E-state index < -0.39 is 23.5 Å². The molecule has 142 valence electrons. The Hall–Kier alpha value is -3.36. The zero-order chi connectivity index (χ0) is 19.4. The van der Waals surface area contributed by atoms with Crippen LogP contribution in [0.25, 0.3) is 0 Å². The fourth-order valence-electron chi connectivity index (χ4n) is 2.78. The molecular formula is C18H20N4O5. The first-order valence-corrected chi connectivity index (χ1v) is 8.56. The second-order valence-corrected chi connectivity index (χ2v) is 5.83. The van der Waals surface area contributed by atoms with E-state index in [1.54, 1.807) is 18.4 Å². The predicted molar refractivity (Wildman–Crippen MR) is 94.9 cm³/mol. The van der Waals surface area contributed by atoms with Crippen LogP contribution in [0.15, 0.2) is 36.7 Å². The molecule has 0 atom stereocenters. The van der Waals surface area contributed by atoms with E-state index in [-0.39, 0.29) is 24.7 Å². The van der Waals surface area contributed by atoms with Crippen molar-refractivity contribution in [3.8, 4) is 0 Å². The summed E-state index contributed by atoms with van der Waals surface area (Å²) in [6.45, 7) is 3.67. The van der Waals surface area contributed by atoms with Crippen molar-refractivity contribution < 1.29 is 23.9 Å². The predicted octanol–water partition coefficient (Wildman–Crippen LogP) is 0.909. The van der Waals surface area contributed by atoms with Crippen molar-refractivity contribution in [3.05, 3.63) is 47.9 Å². The summed E-state index contributed by atoms with van der Waals surface area (Å²) in [5.41, 5.74) is -1.12. The van der Waals surface area contributed by atoms with Gasteiger partial charge in [0.15, 0.2) is 5.69 Å². The number of benzene rings is 1. The lowest BCUT2D eigenvalue weighted by Gasteiger charge is -2.34. The molecule has 0 spiro atoms. The van der Waals surface area contributed by atoms with Crippen molar-refractivity contribution in [2.24, 2.45) is 0 Å². The molecule has 0 saturated heterocycles. The first kappa shape index (κ1) is 18.4. The average Bonchev–Trinajstić information content (AvgIpc) is 3.06. The third-order valence-corrected chi connectivity index (χ3v) is 4.02. The lowest BCUT2D eigenvalue weighted by molar-refractivity contribution is -0.164. The molecule has 27 heavy (non-hydrogen) atoms. The highest BCUT2D eigenvalue weighted by Gasteiger charge is 2.55. The number of hydrogen-bond donors (Lipinski definition) is 2. The molecule has 1 aliphatic rings. The molecule has 2 aromatic rings. The van der Waals surface area contributed by atoms with Crippen LogP contribution in [0.4, 0.5) is 5.82 Å². The van der Waals surface area contributed by atoms with Crippen molar-refractivity contribution in [2.45, 2.75) is 26.1 Å². The molecular weight excluding hydrogens is 352 g/mol. The molecule has 1 aromatic heterocycles. The van der Waals surface area contributed by atoms with Crippen LogP contribution >= 0.6 is 0 Å². The number of hydrogen-bond acceptors (Lipinski definition) is 7. The van der Waals surface area contributed by atoms with Crippen LogP contribution in [-0.4, -0.2) is 46.3 Å². The minimum Gasteiger partial charge on any atom is -0.462 e. The molecule has 1 aromatic carbocycles. The molecule has 9 heteroatoms. The number of nitrogens with zero attached hydrogens (tertiary/aromatic N) is 2. The van der Waals surface area contributed by atoms with Gasteiger partial charge in [-0.05, 0) is 19.4 Å². The van der Waals surface area contributed by atoms with Gasteiger partial charge >= 0.3 is 17.6 Å². The van der Waals surface area contributed by atoms with E-state index in [9.17, 15) is 14.4 Å². The van der Waals surface area contributed by atoms with Crippen LogP contribution < -0.4 is 10.6 Å². The number of nitrogens with one attached hydrogen (secondary N) is 2. The van der Waals surface area contributed by atoms with Gasteiger partial charge in [0.2, 0.25) is 0 Å². The molecule has 3 rings (SSSR count). The largest absolute Gasteiger partial charge is 0.462 e. The maximum atomic E-state index is 12.6. The Balaban J connectivity index is 2.01. The fourth-order valence-corrected chi connectivity index (χ4v) is 2.78. The molecule has 1 amide bonds. The quantitative estimate of drug-likeness (QED) is 0.573. The molecule has 0 radical (unpaired) electrons. The first-order chi connectivity index (χ1) is 13.0. The van der Waals surface area contributed by atoms with Crippen molar-refractivity contribution >= 4 is 23.7 Å². The molecule has 2 N–H and O–H groups in total. The Morgan fingerprint density at radius 1 is 1.07 bits per heavy atom. The highest BCUT2D eigenvalue weighted by atomic mass is 16.6. The number of anilines is 1.